The zero-order chi connectivity index (χ0) is 21.0. The molecule has 1 saturated carbocycles. The number of carbonyl (C=O) groups excluding carboxylic acids is 1. The van der Waals surface area contributed by atoms with E-state index in [4.69, 9.17) is 5.73 Å². The lowest BCUT2D eigenvalue weighted by Crippen LogP contribution is -2.29. The molecule has 0 unspecified atom stereocenters. The van der Waals surface area contributed by atoms with Crippen LogP contribution in [-0.4, -0.2) is 32.1 Å². The Labute approximate surface area is 168 Å². The number of hydrogen-bond acceptors (Lipinski definition) is 6. The first-order valence-corrected chi connectivity index (χ1v) is 9.84. The van der Waals surface area contributed by atoms with E-state index in [0.29, 0.717) is 23.0 Å². The maximum Gasteiger partial charge on any atom is 0.274 e. The molecule has 0 spiro atoms. The van der Waals surface area contributed by atoms with Crippen molar-refractivity contribution >= 4 is 28.9 Å². The largest absolute Gasteiger partial charge is 0.373 e. The number of fused-ring (bicyclic) bond motifs is 1. The predicted octanol–water partition coefficient (Wildman–Crippen LogP) is 2.92. The normalized spacial score (nSPS) is 13.3. The maximum absolute atomic E-state index is 12.7. The van der Waals surface area contributed by atoms with Gasteiger partial charge in [-0.1, -0.05) is 20.3 Å². The van der Waals surface area contributed by atoms with E-state index in [-0.39, 0.29) is 17.2 Å². The smallest absolute Gasteiger partial charge is 0.274 e. The molecule has 154 valence electrons. The molecule has 9 heteroatoms. The molecule has 29 heavy (non-hydrogen) atoms. The Balaban J connectivity index is 0.000000755. The van der Waals surface area contributed by atoms with Gasteiger partial charge in [0.05, 0.1) is 6.20 Å². The van der Waals surface area contributed by atoms with Crippen molar-refractivity contribution in [2.24, 2.45) is 5.73 Å². The zero-order valence-electron chi connectivity index (χ0n) is 17.0. The standard InChI is InChI=1S/C17H19N7O2.C3H8/c1-19-14-8-13(22-16-11(15(18)25)9-20-24(14)16)21-12-6-3-7-23(17(12)26)10-4-2-5-10;1-3-2/h3,6-10,19H,2,4-5H2,1H3,(H2,18,25)(H,21,22);3H2,1-2H3. The minimum atomic E-state index is -0.612. The van der Waals surface area contributed by atoms with Crippen molar-refractivity contribution in [3.05, 3.63) is 46.5 Å². The molecule has 0 aromatic carbocycles. The molecule has 3 heterocycles. The molecule has 0 radical (unpaired) electrons. The Kier molecular flexibility index (Phi) is 6.16. The number of rotatable bonds is 5. The van der Waals surface area contributed by atoms with Gasteiger partial charge in [-0.15, -0.1) is 0 Å². The van der Waals surface area contributed by atoms with E-state index in [1.165, 1.54) is 17.1 Å². The van der Waals surface area contributed by atoms with Crippen molar-refractivity contribution in [2.45, 2.75) is 45.6 Å². The third kappa shape index (κ3) is 4.08. The van der Waals surface area contributed by atoms with Gasteiger partial charge in [0.15, 0.2) is 5.65 Å². The summed E-state index contributed by atoms with van der Waals surface area (Å²) in [5, 5.41) is 10.2. The average molecular weight is 397 g/mol. The first kappa shape index (κ1) is 20.4. The highest BCUT2D eigenvalue weighted by Gasteiger charge is 2.21. The number of nitrogens with zero attached hydrogens (tertiary/aromatic N) is 4. The van der Waals surface area contributed by atoms with E-state index in [1.54, 1.807) is 23.7 Å². The number of carbonyl (C=O) groups is 1. The Hall–Kier alpha value is -3.36. The second kappa shape index (κ2) is 8.76. The lowest BCUT2D eigenvalue weighted by molar-refractivity contribution is 0.100. The van der Waals surface area contributed by atoms with E-state index < -0.39 is 5.91 Å². The second-order valence-corrected chi connectivity index (χ2v) is 6.99. The number of aromatic nitrogens is 4. The fourth-order valence-corrected chi connectivity index (χ4v) is 3.07. The van der Waals surface area contributed by atoms with Crippen molar-refractivity contribution in [1.29, 1.82) is 0 Å². The van der Waals surface area contributed by atoms with Crippen LogP contribution in [0.25, 0.3) is 5.65 Å². The van der Waals surface area contributed by atoms with Crippen LogP contribution in [0, 0.1) is 0 Å². The van der Waals surface area contributed by atoms with Gasteiger partial charge in [-0.05, 0) is 31.4 Å². The summed E-state index contributed by atoms with van der Waals surface area (Å²) >= 11 is 0. The Morgan fingerprint density at radius 2 is 2.07 bits per heavy atom. The fraction of sp³-hybridized carbons (Fsp3) is 0.400. The van der Waals surface area contributed by atoms with E-state index in [0.717, 1.165) is 19.3 Å². The van der Waals surface area contributed by atoms with E-state index in [2.05, 4.69) is 34.6 Å². The predicted molar refractivity (Wildman–Crippen MR) is 114 cm³/mol. The number of anilines is 3. The monoisotopic (exact) mass is 397 g/mol. The second-order valence-electron chi connectivity index (χ2n) is 6.99. The molecule has 4 rings (SSSR count). The summed E-state index contributed by atoms with van der Waals surface area (Å²) in [5.41, 5.74) is 6.27. The van der Waals surface area contributed by atoms with Gasteiger partial charge in [0.25, 0.3) is 11.5 Å². The first-order chi connectivity index (χ1) is 14.0. The highest BCUT2D eigenvalue weighted by atomic mass is 16.1. The summed E-state index contributed by atoms with van der Waals surface area (Å²) in [7, 11) is 1.73. The van der Waals surface area contributed by atoms with Crippen LogP contribution < -0.4 is 21.9 Å². The van der Waals surface area contributed by atoms with Crippen LogP contribution >= 0.6 is 0 Å². The number of nitrogens with two attached hydrogens (primary N) is 1. The quantitative estimate of drug-likeness (QED) is 0.609. The molecule has 9 nitrogen and oxygen atoms in total. The van der Waals surface area contributed by atoms with Crippen molar-refractivity contribution < 1.29 is 4.79 Å². The maximum atomic E-state index is 12.7. The van der Waals surface area contributed by atoms with Crippen molar-refractivity contribution in [3.8, 4) is 0 Å². The molecule has 1 fully saturated rings. The molecular weight excluding hydrogens is 370 g/mol. The van der Waals surface area contributed by atoms with Gasteiger partial charge in [0.1, 0.15) is 22.9 Å². The van der Waals surface area contributed by atoms with Gasteiger partial charge in [-0.2, -0.15) is 9.61 Å². The Morgan fingerprint density at radius 3 is 2.66 bits per heavy atom. The molecule has 3 aromatic heterocycles. The van der Waals surface area contributed by atoms with Gasteiger partial charge in [-0.25, -0.2) is 4.98 Å². The van der Waals surface area contributed by atoms with Crippen LogP contribution in [0.5, 0.6) is 0 Å². The molecular formula is C20H27N7O2. The lowest BCUT2D eigenvalue weighted by Gasteiger charge is -2.27. The fourth-order valence-electron chi connectivity index (χ4n) is 3.07. The molecule has 3 aromatic rings. The van der Waals surface area contributed by atoms with Crippen LogP contribution in [-0.2, 0) is 0 Å². The number of amides is 1. The van der Waals surface area contributed by atoms with Crippen LogP contribution in [0.15, 0.2) is 35.4 Å². The van der Waals surface area contributed by atoms with E-state index >= 15 is 0 Å². The highest BCUT2D eigenvalue weighted by Crippen LogP contribution is 2.30. The minimum absolute atomic E-state index is 0.0893. The molecule has 0 bridgehead atoms. The number of pyridine rings is 1. The lowest BCUT2D eigenvalue weighted by atomic mass is 9.93. The first-order valence-electron chi connectivity index (χ1n) is 9.84. The topological polar surface area (TPSA) is 119 Å². The van der Waals surface area contributed by atoms with Crippen molar-refractivity contribution in [2.75, 3.05) is 17.7 Å². The van der Waals surface area contributed by atoms with E-state index in [1.807, 2.05) is 12.3 Å². The molecule has 0 aliphatic heterocycles. The highest BCUT2D eigenvalue weighted by molar-refractivity contribution is 5.98. The van der Waals surface area contributed by atoms with Gasteiger partial charge < -0.3 is 20.9 Å². The zero-order valence-corrected chi connectivity index (χ0v) is 17.0. The molecule has 1 aliphatic carbocycles. The summed E-state index contributed by atoms with van der Waals surface area (Å²) in [4.78, 5) is 28.7. The number of primary amides is 1. The van der Waals surface area contributed by atoms with Crippen LogP contribution in [0.3, 0.4) is 0 Å². The van der Waals surface area contributed by atoms with Gasteiger partial charge in [0, 0.05) is 25.4 Å². The van der Waals surface area contributed by atoms with E-state index in [9.17, 15) is 9.59 Å². The van der Waals surface area contributed by atoms with Gasteiger partial charge in [-0.3, -0.25) is 9.59 Å². The summed E-state index contributed by atoms with van der Waals surface area (Å²) in [6, 6.07) is 5.54. The SMILES string of the molecule is CCC.CNc1cc(Nc2cccn(C3CCC3)c2=O)nc2c(C(N)=O)cnn12. The van der Waals surface area contributed by atoms with Crippen LogP contribution in [0.2, 0.25) is 0 Å². The van der Waals surface area contributed by atoms with Gasteiger partial charge in [0.2, 0.25) is 0 Å². The van der Waals surface area contributed by atoms with Crippen molar-refractivity contribution in [1.82, 2.24) is 19.2 Å². The summed E-state index contributed by atoms with van der Waals surface area (Å²) in [6.07, 6.45) is 7.64. The molecule has 1 amide bonds. The van der Waals surface area contributed by atoms with Crippen LogP contribution in [0.1, 0.15) is 55.9 Å². The van der Waals surface area contributed by atoms with Gasteiger partial charge >= 0.3 is 0 Å². The van der Waals surface area contributed by atoms with Crippen LogP contribution in [0.4, 0.5) is 17.3 Å². The summed E-state index contributed by atoms with van der Waals surface area (Å²) in [6.45, 7) is 4.25. The van der Waals surface area contributed by atoms with Crippen molar-refractivity contribution in [3.63, 3.8) is 0 Å². The molecule has 0 saturated heterocycles. The number of nitrogens with one attached hydrogen (secondary N) is 2. The molecule has 4 N–H and O–H groups in total. The third-order valence-electron chi connectivity index (χ3n) is 4.70. The Morgan fingerprint density at radius 1 is 1.34 bits per heavy atom. The minimum Gasteiger partial charge on any atom is -0.373 e. The Bertz CT molecular complexity index is 1070. The third-order valence-corrected chi connectivity index (χ3v) is 4.70. The molecule has 0 atom stereocenters. The number of hydrogen-bond donors (Lipinski definition) is 3. The average Bonchev–Trinajstić information content (AvgIpc) is 3.08. The summed E-state index contributed by atoms with van der Waals surface area (Å²) in [5.74, 6) is 0.423. The molecule has 1 aliphatic rings. The summed E-state index contributed by atoms with van der Waals surface area (Å²) < 4.78 is 3.25.